The fraction of sp³-hybridized carbons (Fsp3) is 0.600. The highest BCUT2D eigenvalue weighted by atomic mass is 15.2. The summed E-state index contributed by atoms with van der Waals surface area (Å²) in [6, 6.07) is 13.4. The number of piperidine rings is 1. The van der Waals surface area contributed by atoms with Gasteiger partial charge in [0, 0.05) is 19.3 Å². The third-order valence-corrected chi connectivity index (χ3v) is 8.12. The molecule has 0 bridgehead atoms. The van der Waals surface area contributed by atoms with Crippen molar-refractivity contribution in [2.45, 2.75) is 77.9 Å². The predicted molar refractivity (Wildman–Crippen MR) is 144 cm³/mol. The zero-order valence-corrected chi connectivity index (χ0v) is 22.0. The van der Waals surface area contributed by atoms with Gasteiger partial charge in [-0.25, -0.2) is 4.98 Å². The van der Waals surface area contributed by atoms with Crippen LogP contribution in [-0.4, -0.2) is 51.0 Å². The maximum atomic E-state index is 5.14. The normalized spacial score (nSPS) is 21.2. The van der Waals surface area contributed by atoms with Crippen LogP contribution >= 0.6 is 0 Å². The van der Waals surface area contributed by atoms with Gasteiger partial charge in [-0.1, -0.05) is 32.0 Å². The molecule has 3 heterocycles. The van der Waals surface area contributed by atoms with E-state index in [2.05, 4.69) is 71.7 Å². The van der Waals surface area contributed by atoms with Gasteiger partial charge in [0.1, 0.15) is 5.82 Å². The molecule has 0 spiro atoms. The monoisotopic (exact) mass is 473 g/mol. The zero-order valence-electron chi connectivity index (χ0n) is 22.0. The average Bonchev–Trinajstić information content (AvgIpc) is 3.20. The van der Waals surface area contributed by atoms with Crippen molar-refractivity contribution in [1.29, 1.82) is 0 Å². The van der Waals surface area contributed by atoms with Gasteiger partial charge in [0.25, 0.3) is 0 Å². The Morgan fingerprint density at radius 1 is 1.09 bits per heavy atom. The summed E-state index contributed by atoms with van der Waals surface area (Å²) in [7, 11) is 2.26. The summed E-state index contributed by atoms with van der Waals surface area (Å²) in [5.74, 6) is 2.70. The molecule has 3 aromatic rings. The molecule has 5 nitrogen and oxygen atoms in total. The fourth-order valence-electron chi connectivity index (χ4n) is 6.28. The van der Waals surface area contributed by atoms with Crippen LogP contribution in [-0.2, 0) is 19.5 Å². The van der Waals surface area contributed by atoms with Gasteiger partial charge in [0.15, 0.2) is 0 Å². The van der Waals surface area contributed by atoms with E-state index in [-0.39, 0.29) is 0 Å². The lowest BCUT2D eigenvalue weighted by molar-refractivity contribution is 0.156. The first kappa shape index (κ1) is 24.5. The first-order chi connectivity index (χ1) is 17.1. The molecule has 2 aromatic heterocycles. The Morgan fingerprint density at radius 2 is 1.97 bits per heavy atom. The van der Waals surface area contributed by atoms with E-state index in [9.17, 15) is 0 Å². The van der Waals surface area contributed by atoms with Crippen molar-refractivity contribution in [1.82, 2.24) is 24.3 Å². The number of hydrogen-bond donors (Lipinski definition) is 0. The lowest BCUT2D eigenvalue weighted by atomic mass is 9.91. The summed E-state index contributed by atoms with van der Waals surface area (Å²) in [6.45, 7) is 10.4. The van der Waals surface area contributed by atoms with Gasteiger partial charge >= 0.3 is 0 Å². The van der Waals surface area contributed by atoms with Gasteiger partial charge in [-0.2, -0.15) is 0 Å². The molecule has 188 valence electrons. The van der Waals surface area contributed by atoms with Crippen LogP contribution in [0.5, 0.6) is 0 Å². The van der Waals surface area contributed by atoms with E-state index < -0.39 is 0 Å². The van der Waals surface area contributed by atoms with Gasteiger partial charge in [-0.15, -0.1) is 0 Å². The van der Waals surface area contributed by atoms with Crippen LogP contribution in [0.15, 0.2) is 42.6 Å². The van der Waals surface area contributed by atoms with Crippen molar-refractivity contribution in [3.05, 3.63) is 59.7 Å². The van der Waals surface area contributed by atoms with Crippen molar-refractivity contribution >= 4 is 11.0 Å². The number of aryl methyl sites for hydroxylation is 1. The molecule has 1 aliphatic carbocycles. The van der Waals surface area contributed by atoms with Crippen molar-refractivity contribution in [3.8, 4) is 0 Å². The summed E-state index contributed by atoms with van der Waals surface area (Å²) < 4.78 is 2.54. The fourth-order valence-corrected chi connectivity index (χ4v) is 6.28. The number of pyridine rings is 1. The molecule has 2 atom stereocenters. The maximum Gasteiger partial charge on any atom is 0.124 e. The first-order valence-electron chi connectivity index (χ1n) is 13.9. The van der Waals surface area contributed by atoms with Crippen molar-refractivity contribution in [2.75, 3.05) is 26.7 Å². The van der Waals surface area contributed by atoms with Crippen LogP contribution < -0.4 is 0 Å². The third kappa shape index (κ3) is 5.78. The second-order valence-corrected chi connectivity index (χ2v) is 11.3. The number of likely N-dealkylation sites (tertiary alicyclic amines) is 1. The van der Waals surface area contributed by atoms with Gasteiger partial charge < -0.3 is 9.47 Å². The van der Waals surface area contributed by atoms with Crippen LogP contribution in [0.2, 0.25) is 0 Å². The van der Waals surface area contributed by atoms with Gasteiger partial charge in [-0.05, 0) is 101 Å². The minimum Gasteiger partial charge on any atom is -0.327 e. The Labute approximate surface area is 211 Å². The molecule has 1 fully saturated rings. The molecule has 0 amide bonds. The minimum absolute atomic E-state index is 0.374. The van der Waals surface area contributed by atoms with Crippen LogP contribution in [0.4, 0.5) is 0 Å². The molecule has 0 radical (unpaired) electrons. The van der Waals surface area contributed by atoms with E-state index in [0.717, 1.165) is 30.9 Å². The largest absolute Gasteiger partial charge is 0.327 e. The Bertz CT molecular complexity index is 1100. The molecule has 5 rings (SSSR count). The van der Waals surface area contributed by atoms with Crippen LogP contribution in [0.25, 0.3) is 11.0 Å². The van der Waals surface area contributed by atoms with Gasteiger partial charge in [0.05, 0.1) is 29.3 Å². The van der Waals surface area contributed by atoms with Crippen LogP contribution in [0.3, 0.4) is 0 Å². The summed E-state index contributed by atoms with van der Waals surface area (Å²) in [4.78, 5) is 15.1. The highest BCUT2D eigenvalue weighted by Gasteiger charge is 2.27. The summed E-state index contributed by atoms with van der Waals surface area (Å²) in [5.41, 5.74) is 5.11. The van der Waals surface area contributed by atoms with Crippen LogP contribution in [0, 0.1) is 11.8 Å². The lowest BCUT2D eigenvalue weighted by Crippen LogP contribution is -2.38. The molecule has 0 N–H and O–H groups in total. The lowest BCUT2D eigenvalue weighted by Gasteiger charge is -2.34. The molecule has 35 heavy (non-hydrogen) atoms. The topological polar surface area (TPSA) is 37.2 Å². The highest BCUT2D eigenvalue weighted by molar-refractivity contribution is 5.75. The number of benzene rings is 1. The number of hydrogen-bond acceptors (Lipinski definition) is 4. The van der Waals surface area contributed by atoms with Gasteiger partial charge in [-0.3, -0.25) is 9.88 Å². The highest BCUT2D eigenvalue weighted by Crippen LogP contribution is 2.33. The van der Waals surface area contributed by atoms with Crippen LogP contribution in [0.1, 0.15) is 75.5 Å². The standard InChI is InChI=1S/C30H43N5/c1-23(2)10-8-18-34-19-9-11-24(20-34)21-35-27-15-5-4-14-26(27)32-29(35)22-33(3)28-16-6-12-25-13-7-17-31-30(25)28/h4-5,7,13-15,17,23-24,28H,6,8-12,16,18-22H2,1-3H3/t24-,28-/m1/s1. The molecule has 1 aliphatic heterocycles. The van der Waals surface area contributed by atoms with Gasteiger partial charge in [0.2, 0.25) is 0 Å². The second kappa shape index (κ2) is 11.2. The van der Waals surface area contributed by atoms with Crippen molar-refractivity contribution in [3.63, 3.8) is 0 Å². The number of imidazole rings is 1. The predicted octanol–water partition coefficient (Wildman–Crippen LogP) is 6.09. The summed E-state index contributed by atoms with van der Waals surface area (Å²) in [5, 5.41) is 0. The number of rotatable bonds is 9. The SMILES string of the molecule is CC(C)CCCN1CCC[C@@H](Cn2c(CN(C)[C@@H]3CCCc4cccnc43)nc3ccccc32)C1. The van der Waals surface area contributed by atoms with E-state index in [1.807, 2.05) is 6.20 Å². The van der Waals surface area contributed by atoms with E-state index in [0.29, 0.717) is 12.0 Å². The molecule has 1 saturated heterocycles. The molecular formula is C30H43N5. The maximum absolute atomic E-state index is 5.14. The molecule has 0 saturated carbocycles. The summed E-state index contributed by atoms with van der Waals surface area (Å²) in [6.07, 6.45) is 10.8. The Morgan fingerprint density at radius 3 is 2.86 bits per heavy atom. The molecule has 5 heteroatoms. The number of para-hydroxylation sites is 2. The zero-order chi connectivity index (χ0) is 24.2. The third-order valence-electron chi connectivity index (χ3n) is 8.12. The van der Waals surface area contributed by atoms with Crippen molar-refractivity contribution < 1.29 is 0 Å². The smallest absolute Gasteiger partial charge is 0.124 e. The quantitative estimate of drug-likeness (QED) is 0.377. The molecule has 1 aromatic carbocycles. The van der Waals surface area contributed by atoms with E-state index in [1.54, 1.807) is 0 Å². The van der Waals surface area contributed by atoms with E-state index >= 15 is 0 Å². The number of fused-ring (bicyclic) bond motifs is 2. The molecular weight excluding hydrogens is 430 g/mol. The average molecular weight is 474 g/mol. The molecule has 2 aliphatic rings. The van der Waals surface area contributed by atoms with Crippen molar-refractivity contribution in [2.24, 2.45) is 11.8 Å². The Balaban J connectivity index is 1.33. The summed E-state index contributed by atoms with van der Waals surface area (Å²) >= 11 is 0. The Hall–Kier alpha value is -2.24. The molecule has 0 unspecified atom stereocenters. The van der Waals surface area contributed by atoms with E-state index in [1.165, 1.54) is 80.8 Å². The number of nitrogens with zero attached hydrogens (tertiary/aromatic N) is 5. The Kier molecular flexibility index (Phi) is 7.84. The minimum atomic E-state index is 0.374. The first-order valence-corrected chi connectivity index (χ1v) is 13.9. The van der Waals surface area contributed by atoms with E-state index in [4.69, 9.17) is 9.97 Å². The number of aromatic nitrogens is 3. The second-order valence-electron chi connectivity index (χ2n) is 11.3.